The molecule has 0 N–H and O–H groups in total. The van der Waals surface area contributed by atoms with Gasteiger partial charge in [0.05, 0.1) is 0 Å². The van der Waals surface area contributed by atoms with Crippen LogP contribution in [0.25, 0.3) is 0 Å². The molecule has 0 heterocycles. The van der Waals surface area contributed by atoms with Gasteiger partial charge in [0.2, 0.25) is 0 Å². The van der Waals surface area contributed by atoms with Gasteiger partial charge >= 0.3 is 0 Å². The van der Waals surface area contributed by atoms with Gasteiger partial charge in [0.25, 0.3) is 0 Å². The fourth-order valence-electron chi connectivity index (χ4n) is 1.70. The Morgan fingerprint density at radius 2 is 1.94 bits per heavy atom. The average molecular weight is 235 g/mol. The van der Waals surface area contributed by atoms with Crippen LogP contribution in [0, 0.1) is 6.92 Å². The van der Waals surface area contributed by atoms with Crippen LogP contribution in [-0.2, 0) is 6.42 Å². The van der Waals surface area contributed by atoms with E-state index < -0.39 is 0 Å². The fraction of sp³-hybridized carbons (Fsp3) is 0.500. The molecule has 16 heavy (non-hydrogen) atoms. The van der Waals surface area contributed by atoms with Crippen LogP contribution in [0.4, 0.5) is 0 Å². The van der Waals surface area contributed by atoms with Crippen LogP contribution in [0.5, 0.6) is 0 Å². The highest BCUT2D eigenvalue weighted by Gasteiger charge is 2.02. The third kappa shape index (κ3) is 4.86. The van der Waals surface area contributed by atoms with E-state index in [2.05, 4.69) is 50.2 Å². The molecule has 1 aromatic carbocycles. The molecule has 0 aromatic heterocycles. The van der Waals surface area contributed by atoms with Gasteiger partial charge in [0.1, 0.15) is 0 Å². The highest BCUT2D eigenvalue weighted by atomic mass is 32.1. The largest absolute Gasteiger partial charge is 0.309 e. The molecule has 0 bridgehead atoms. The Morgan fingerprint density at radius 1 is 1.25 bits per heavy atom. The SMILES string of the molecule is Cc1ccccc1CC(=S)CCCN(C)C. The van der Waals surface area contributed by atoms with E-state index in [1.807, 2.05) is 0 Å². The Bertz CT molecular complexity index is 344. The van der Waals surface area contributed by atoms with E-state index in [0.717, 1.165) is 25.8 Å². The van der Waals surface area contributed by atoms with Crippen LogP contribution in [0.3, 0.4) is 0 Å². The summed E-state index contributed by atoms with van der Waals surface area (Å²) in [6.45, 7) is 3.27. The van der Waals surface area contributed by atoms with E-state index in [4.69, 9.17) is 12.2 Å². The summed E-state index contributed by atoms with van der Waals surface area (Å²) >= 11 is 5.43. The fourth-order valence-corrected chi connectivity index (χ4v) is 2.00. The normalized spacial score (nSPS) is 10.8. The lowest BCUT2D eigenvalue weighted by Gasteiger charge is -2.10. The second kappa shape index (κ2) is 6.77. The Morgan fingerprint density at radius 3 is 2.56 bits per heavy atom. The summed E-state index contributed by atoms with van der Waals surface area (Å²) in [6, 6.07) is 8.49. The molecule has 0 spiro atoms. The second-order valence-electron chi connectivity index (χ2n) is 4.55. The standard InChI is InChI=1S/C14H21NS/c1-12-7-4-5-8-13(12)11-14(16)9-6-10-15(2)3/h4-5,7-8H,6,9-11H2,1-3H3. The smallest absolute Gasteiger partial charge is 0.00408 e. The summed E-state index contributed by atoms with van der Waals surface area (Å²) < 4.78 is 0. The lowest BCUT2D eigenvalue weighted by molar-refractivity contribution is 0.404. The third-order valence-corrected chi connectivity index (χ3v) is 3.06. The van der Waals surface area contributed by atoms with Crippen molar-refractivity contribution in [2.24, 2.45) is 0 Å². The van der Waals surface area contributed by atoms with Gasteiger partial charge in [0.15, 0.2) is 0 Å². The van der Waals surface area contributed by atoms with E-state index >= 15 is 0 Å². The van der Waals surface area contributed by atoms with Crippen LogP contribution >= 0.6 is 12.2 Å². The van der Waals surface area contributed by atoms with Gasteiger partial charge in [-0.2, -0.15) is 0 Å². The lowest BCUT2D eigenvalue weighted by Crippen LogP contribution is -2.14. The van der Waals surface area contributed by atoms with Gasteiger partial charge in [-0.05, 0) is 56.4 Å². The maximum atomic E-state index is 5.43. The zero-order chi connectivity index (χ0) is 12.0. The molecule has 1 nitrogen and oxygen atoms in total. The summed E-state index contributed by atoms with van der Waals surface area (Å²) in [4.78, 5) is 3.38. The second-order valence-corrected chi connectivity index (χ2v) is 5.13. The topological polar surface area (TPSA) is 3.24 Å². The molecule has 0 radical (unpaired) electrons. The lowest BCUT2D eigenvalue weighted by atomic mass is 10.0. The molecule has 0 atom stereocenters. The molecule has 0 aliphatic carbocycles. The number of nitrogens with zero attached hydrogens (tertiary/aromatic N) is 1. The molecule has 1 aromatic rings. The van der Waals surface area contributed by atoms with Gasteiger partial charge in [-0.15, -0.1) is 0 Å². The first-order valence-electron chi connectivity index (χ1n) is 5.80. The van der Waals surface area contributed by atoms with Crippen LogP contribution < -0.4 is 0 Å². The highest BCUT2D eigenvalue weighted by molar-refractivity contribution is 7.80. The molecule has 88 valence electrons. The van der Waals surface area contributed by atoms with Crippen molar-refractivity contribution in [3.05, 3.63) is 35.4 Å². The first-order chi connectivity index (χ1) is 7.59. The van der Waals surface area contributed by atoms with Crippen molar-refractivity contribution in [2.75, 3.05) is 20.6 Å². The molecule has 0 saturated carbocycles. The zero-order valence-corrected chi connectivity index (χ0v) is 11.3. The van der Waals surface area contributed by atoms with Crippen molar-refractivity contribution in [2.45, 2.75) is 26.2 Å². The summed E-state index contributed by atoms with van der Waals surface area (Å²) in [7, 11) is 4.20. The number of aryl methyl sites for hydroxylation is 1. The van der Waals surface area contributed by atoms with Gasteiger partial charge in [-0.3, -0.25) is 0 Å². The molecule has 0 amide bonds. The summed E-state index contributed by atoms with van der Waals surface area (Å²) in [5.74, 6) is 0. The number of benzene rings is 1. The van der Waals surface area contributed by atoms with Gasteiger partial charge in [-0.1, -0.05) is 36.5 Å². The molecule has 1 rings (SSSR count). The predicted molar refractivity (Wildman–Crippen MR) is 75.3 cm³/mol. The van der Waals surface area contributed by atoms with Crippen LogP contribution in [0.2, 0.25) is 0 Å². The highest BCUT2D eigenvalue weighted by Crippen LogP contribution is 2.10. The summed E-state index contributed by atoms with van der Waals surface area (Å²) in [6.07, 6.45) is 3.18. The Balaban J connectivity index is 2.37. The molecule has 0 aliphatic heterocycles. The van der Waals surface area contributed by atoms with Crippen molar-refractivity contribution < 1.29 is 0 Å². The monoisotopic (exact) mass is 235 g/mol. The molecular formula is C14H21NS. The number of hydrogen-bond acceptors (Lipinski definition) is 2. The Kier molecular flexibility index (Phi) is 5.64. The molecule has 2 heteroatoms. The minimum absolute atomic E-state index is 0.954. The van der Waals surface area contributed by atoms with Crippen LogP contribution in [0.1, 0.15) is 24.0 Å². The van der Waals surface area contributed by atoms with Gasteiger partial charge in [-0.25, -0.2) is 0 Å². The van der Waals surface area contributed by atoms with E-state index in [1.165, 1.54) is 16.0 Å². The maximum absolute atomic E-state index is 5.43. The molecule has 0 fully saturated rings. The van der Waals surface area contributed by atoms with E-state index in [9.17, 15) is 0 Å². The third-order valence-electron chi connectivity index (χ3n) is 2.71. The first-order valence-corrected chi connectivity index (χ1v) is 6.21. The summed E-state index contributed by atoms with van der Waals surface area (Å²) in [5.41, 5.74) is 2.72. The van der Waals surface area contributed by atoms with E-state index in [0.29, 0.717) is 0 Å². The van der Waals surface area contributed by atoms with Crippen LogP contribution in [-0.4, -0.2) is 30.4 Å². The number of hydrogen-bond donors (Lipinski definition) is 0. The number of thiocarbonyl (C=S) groups is 1. The first kappa shape index (κ1) is 13.3. The summed E-state index contributed by atoms with van der Waals surface area (Å²) in [5, 5.41) is 0. The van der Waals surface area contributed by atoms with E-state index in [-0.39, 0.29) is 0 Å². The Labute approximate surface area is 104 Å². The van der Waals surface area contributed by atoms with Crippen molar-refractivity contribution >= 4 is 17.1 Å². The van der Waals surface area contributed by atoms with Crippen molar-refractivity contribution in [1.29, 1.82) is 0 Å². The molecule has 0 aliphatic rings. The molecular weight excluding hydrogens is 214 g/mol. The Hall–Kier alpha value is -0.730. The van der Waals surface area contributed by atoms with Crippen molar-refractivity contribution in [1.82, 2.24) is 4.90 Å². The van der Waals surface area contributed by atoms with Crippen LogP contribution in [0.15, 0.2) is 24.3 Å². The predicted octanol–water partition coefficient (Wildman–Crippen LogP) is 3.25. The molecule has 0 saturated heterocycles. The van der Waals surface area contributed by atoms with Crippen molar-refractivity contribution in [3.8, 4) is 0 Å². The minimum atomic E-state index is 0.954. The average Bonchev–Trinajstić information content (AvgIpc) is 2.21. The molecule has 0 unspecified atom stereocenters. The number of rotatable bonds is 6. The van der Waals surface area contributed by atoms with Gasteiger partial charge in [0, 0.05) is 6.42 Å². The van der Waals surface area contributed by atoms with E-state index in [1.54, 1.807) is 0 Å². The van der Waals surface area contributed by atoms with Crippen molar-refractivity contribution in [3.63, 3.8) is 0 Å². The van der Waals surface area contributed by atoms with Gasteiger partial charge < -0.3 is 4.90 Å². The maximum Gasteiger partial charge on any atom is 0.00408 e. The minimum Gasteiger partial charge on any atom is -0.309 e. The quantitative estimate of drug-likeness (QED) is 0.696. The zero-order valence-electron chi connectivity index (χ0n) is 10.5.